The maximum Gasteiger partial charge on any atom is 0.325 e. The van der Waals surface area contributed by atoms with Gasteiger partial charge in [-0.05, 0) is 13.8 Å². The van der Waals surface area contributed by atoms with Gasteiger partial charge in [-0.25, -0.2) is 0 Å². The molecule has 1 heterocycles. The van der Waals surface area contributed by atoms with E-state index >= 15 is 0 Å². The van der Waals surface area contributed by atoms with Crippen molar-refractivity contribution in [2.24, 2.45) is 0 Å². The van der Waals surface area contributed by atoms with Crippen LogP contribution in [0.15, 0.2) is 12.3 Å². The van der Waals surface area contributed by atoms with Crippen LogP contribution >= 0.6 is 0 Å². The molecule has 0 unspecified atom stereocenters. The largest absolute Gasteiger partial charge is 0.468 e. The third-order valence-corrected chi connectivity index (χ3v) is 2.52. The molecule has 1 aromatic rings. The van der Waals surface area contributed by atoms with Crippen LogP contribution in [0.4, 0.5) is 5.69 Å². The summed E-state index contributed by atoms with van der Waals surface area (Å²) in [7, 11) is 1.23. The highest BCUT2D eigenvalue weighted by atomic mass is 16.6. The lowest BCUT2D eigenvalue weighted by atomic mass is 10.2. The first-order valence-electron chi connectivity index (χ1n) is 5.57. The van der Waals surface area contributed by atoms with E-state index in [1.165, 1.54) is 12.0 Å². The molecule has 1 N–H and O–H groups in total. The Morgan fingerprint density at radius 1 is 1.53 bits per heavy atom. The number of aromatic amines is 1. The predicted molar refractivity (Wildman–Crippen MR) is 65.6 cm³/mol. The lowest BCUT2D eigenvalue weighted by Crippen LogP contribution is -2.41. The number of hydrogen-bond donors (Lipinski definition) is 1. The van der Waals surface area contributed by atoms with Gasteiger partial charge in [-0.2, -0.15) is 0 Å². The van der Waals surface area contributed by atoms with Crippen LogP contribution in [0.5, 0.6) is 0 Å². The van der Waals surface area contributed by atoms with Gasteiger partial charge in [-0.1, -0.05) is 0 Å². The van der Waals surface area contributed by atoms with Gasteiger partial charge in [0.1, 0.15) is 12.2 Å². The maximum absolute atomic E-state index is 12.1. The van der Waals surface area contributed by atoms with Crippen LogP contribution in [-0.2, 0) is 9.53 Å². The first-order valence-corrected chi connectivity index (χ1v) is 5.57. The molecule has 0 spiro atoms. The van der Waals surface area contributed by atoms with Crippen molar-refractivity contribution in [2.75, 3.05) is 13.7 Å². The second-order valence-corrected chi connectivity index (χ2v) is 4.13. The van der Waals surface area contributed by atoms with E-state index in [1.54, 1.807) is 13.8 Å². The Bertz CT molecular complexity index is 494. The number of aromatic nitrogens is 1. The summed E-state index contributed by atoms with van der Waals surface area (Å²) in [6, 6.07) is 0.892. The number of carbonyl (C=O) groups is 2. The Kier molecular flexibility index (Phi) is 4.62. The summed E-state index contributed by atoms with van der Waals surface area (Å²) in [5.74, 6) is -1.04. The lowest BCUT2D eigenvalue weighted by molar-refractivity contribution is -0.384. The Morgan fingerprint density at radius 3 is 2.58 bits per heavy atom. The minimum Gasteiger partial charge on any atom is -0.468 e. The van der Waals surface area contributed by atoms with E-state index in [0.717, 1.165) is 12.3 Å². The number of esters is 1. The highest BCUT2D eigenvalue weighted by molar-refractivity contribution is 5.95. The van der Waals surface area contributed by atoms with Crippen LogP contribution in [0.25, 0.3) is 0 Å². The number of H-pyrrole nitrogens is 1. The molecule has 0 atom stereocenters. The van der Waals surface area contributed by atoms with E-state index in [2.05, 4.69) is 9.72 Å². The van der Waals surface area contributed by atoms with Crippen molar-refractivity contribution in [3.05, 3.63) is 28.1 Å². The van der Waals surface area contributed by atoms with Crippen molar-refractivity contribution in [1.82, 2.24) is 9.88 Å². The lowest BCUT2D eigenvalue weighted by Gasteiger charge is -2.24. The fraction of sp³-hybridized carbons (Fsp3) is 0.455. The molecule has 19 heavy (non-hydrogen) atoms. The third-order valence-electron chi connectivity index (χ3n) is 2.52. The average molecular weight is 269 g/mol. The molecule has 0 aliphatic rings. The minimum atomic E-state index is -0.604. The molecular formula is C11H15N3O5. The summed E-state index contributed by atoms with van der Waals surface area (Å²) in [6.45, 7) is 3.26. The second kappa shape index (κ2) is 5.98. The fourth-order valence-corrected chi connectivity index (χ4v) is 1.46. The number of rotatable bonds is 5. The van der Waals surface area contributed by atoms with E-state index < -0.39 is 16.8 Å². The van der Waals surface area contributed by atoms with Crippen molar-refractivity contribution in [2.45, 2.75) is 19.9 Å². The van der Waals surface area contributed by atoms with Crippen LogP contribution < -0.4 is 0 Å². The van der Waals surface area contributed by atoms with Crippen molar-refractivity contribution >= 4 is 17.6 Å². The topological polar surface area (TPSA) is 106 Å². The molecule has 1 rings (SSSR count). The van der Waals surface area contributed by atoms with Gasteiger partial charge in [0.2, 0.25) is 0 Å². The van der Waals surface area contributed by atoms with Crippen molar-refractivity contribution in [3.8, 4) is 0 Å². The number of nitrogens with zero attached hydrogens (tertiary/aromatic N) is 2. The number of amides is 1. The highest BCUT2D eigenvalue weighted by Gasteiger charge is 2.24. The van der Waals surface area contributed by atoms with Crippen molar-refractivity contribution < 1.29 is 19.2 Å². The summed E-state index contributed by atoms with van der Waals surface area (Å²) in [4.78, 5) is 37.1. The molecule has 0 saturated heterocycles. The summed E-state index contributed by atoms with van der Waals surface area (Å²) < 4.78 is 4.51. The van der Waals surface area contributed by atoms with Crippen LogP contribution in [0.2, 0.25) is 0 Å². The van der Waals surface area contributed by atoms with Gasteiger partial charge in [-0.3, -0.25) is 19.7 Å². The minimum absolute atomic E-state index is 0.0595. The van der Waals surface area contributed by atoms with Gasteiger partial charge in [-0.15, -0.1) is 0 Å². The van der Waals surface area contributed by atoms with Crippen molar-refractivity contribution in [3.63, 3.8) is 0 Å². The number of nitrogens with one attached hydrogen (secondary N) is 1. The number of methoxy groups -OCH3 is 1. The summed E-state index contributed by atoms with van der Waals surface area (Å²) in [6.07, 6.45) is 1.13. The average Bonchev–Trinajstić information content (AvgIpc) is 2.84. The predicted octanol–water partition coefficient (Wildman–Crippen LogP) is 0.946. The van der Waals surface area contributed by atoms with E-state index in [-0.39, 0.29) is 24.0 Å². The molecule has 0 aromatic carbocycles. The molecule has 0 saturated carbocycles. The molecule has 0 fully saturated rings. The zero-order chi connectivity index (χ0) is 14.6. The quantitative estimate of drug-likeness (QED) is 0.486. The summed E-state index contributed by atoms with van der Waals surface area (Å²) in [5.41, 5.74) is -0.144. The van der Waals surface area contributed by atoms with Gasteiger partial charge in [0.25, 0.3) is 11.6 Å². The molecular weight excluding hydrogens is 254 g/mol. The standard InChI is InChI=1S/C11H15N3O5/c1-7(2)13(6-10(15)19-3)11(16)9-4-8(5-12-9)14(17)18/h4-5,7,12H,6H2,1-3H3. The molecule has 1 aromatic heterocycles. The smallest absolute Gasteiger partial charge is 0.325 e. The number of nitro groups is 1. The Balaban J connectivity index is 2.92. The monoisotopic (exact) mass is 269 g/mol. The fourth-order valence-electron chi connectivity index (χ4n) is 1.46. The molecule has 104 valence electrons. The van der Waals surface area contributed by atoms with Crippen molar-refractivity contribution in [1.29, 1.82) is 0 Å². The Labute approximate surface area is 109 Å². The number of hydrogen-bond acceptors (Lipinski definition) is 5. The van der Waals surface area contributed by atoms with E-state index in [9.17, 15) is 19.7 Å². The first-order chi connectivity index (χ1) is 8.86. The second-order valence-electron chi connectivity index (χ2n) is 4.13. The van der Waals surface area contributed by atoms with Gasteiger partial charge in [0, 0.05) is 12.1 Å². The molecule has 8 nitrogen and oxygen atoms in total. The third kappa shape index (κ3) is 3.54. The Morgan fingerprint density at radius 2 is 2.16 bits per heavy atom. The molecule has 0 aliphatic carbocycles. The number of carbonyl (C=O) groups excluding carboxylic acids is 2. The van der Waals surface area contributed by atoms with Gasteiger partial charge < -0.3 is 14.6 Å². The summed E-state index contributed by atoms with van der Waals surface area (Å²) >= 11 is 0. The normalized spacial score (nSPS) is 10.3. The van der Waals surface area contributed by atoms with E-state index in [0.29, 0.717) is 0 Å². The van der Waals surface area contributed by atoms with Crippen LogP contribution in [0.3, 0.4) is 0 Å². The maximum atomic E-state index is 12.1. The number of ether oxygens (including phenoxy) is 1. The van der Waals surface area contributed by atoms with Gasteiger partial charge in [0.15, 0.2) is 0 Å². The van der Waals surface area contributed by atoms with Gasteiger partial charge >= 0.3 is 5.97 Å². The van der Waals surface area contributed by atoms with Gasteiger partial charge in [0.05, 0.1) is 18.2 Å². The molecule has 8 heteroatoms. The van der Waals surface area contributed by atoms with E-state index in [4.69, 9.17) is 0 Å². The van der Waals surface area contributed by atoms with E-state index in [1.807, 2.05) is 0 Å². The zero-order valence-electron chi connectivity index (χ0n) is 10.9. The molecule has 0 aliphatic heterocycles. The van der Waals surface area contributed by atoms with Crippen LogP contribution in [0, 0.1) is 10.1 Å². The summed E-state index contributed by atoms with van der Waals surface area (Å²) in [5, 5.41) is 10.6. The van der Waals surface area contributed by atoms with Crippen LogP contribution in [0.1, 0.15) is 24.3 Å². The SMILES string of the molecule is COC(=O)CN(C(=O)c1cc([N+](=O)[O-])c[nH]1)C(C)C. The zero-order valence-corrected chi connectivity index (χ0v) is 10.9. The highest BCUT2D eigenvalue weighted by Crippen LogP contribution is 2.15. The molecule has 1 amide bonds. The first kappa shape index (κ1) is 14.7. The van der Waals surface area contributed by atoms with Crippen LogP contribution in [-0.4, -0.2) is 46.4 Å². The molecule has 0 radical (unpaired) electrons. The Hall–Kier alpha value is -2.38. The molecule has 0 bridgehead atoms.